The van der Waals surface area contributed by atoms with Crippen molar-refractivity contribution in [3.8, 4) is 5.75 Å². The average molecular weight is 296 g/mol. The first-order valence-corrected chi connectivity index (χ1v) is 10.3. The number of esters is 1. The number of para-hydroxylation sites is 1. The van der Waals surface area contributed by atoms with Gasteiger partial charge in [-0.2, -0.15) is 4.39 Å². The van der Waals surface area contributed by atoms with E-state index < -0.39 is 20.1 Å². The van der Waals surface area contributed by atoms with Crippen molar-refractivity contribution in [2.24, 2.45) is 0 Å². The molecule has 0 aliphatic carbocycles. The highest BCUT2D eigenvalue weighted by atomic mass is 28.3. The van der Waals surface area contributed by atoms with E-state index in [1.54, 1.807) is 31.2 Å². The maximum atomic E-state index is 14.2. The van der Waals surface area contributed by atoms with Gasteiger partial charge in [-0.15, -0.1) is 0 Å². The summed E-state index contributed by atoms with van der Waals surface area (Å²) in [6.45, 7) is 8.08. The van der Waals surface area contributed by atoms with Crippen molar-refractivity contribution >= 4 is 14.0 Å². The smallest absolute Gasteiger partial charge is 0.340 e. The molecule has 3 nitrogen and oxygen atoms in total. The van der Waals surface area contributed by atoms with E-state index >= 15 is 0 Å². The standard InChI is InChI=1S/C15H21FO3Si/c1-5-18-15(17)13(11-20(2,3)4)14(16)19-12-9-7-6-8-10-12/h6-10H,5,11H2,1-4H3/b14-13+. The summed E-state index contributed by atoms with van der Waals surface area (Å²) in [6.07, 6.45) is 0. The zero-order valence-electron chi connectivity index (χ0n) is 12.4. The summed E-state index contributed by atoms with van der Waals surface area (Å²) in [7, 11) is -1.67. The molecule has 0 spiro atoms. The van der Waals surface area contributed by atoms with Crippen molar-refractivity contribution in [2.45, 2.75) is 32.6 Å². The molecule has 0 aliphatic rings. The van der Waals surface area contributed by atoms with Crippen molar-refractivity contribution in [1.29, 1.82) is 0 Å². The van der Waals surface area contributed by atoms with Crippen molar-refractivity contribution in [3.63, 3.8) is 0 Å². The number of carbonyl (C=O) groups is 1. The van der Waals surface area contributed by atoms with Crippen molar-refractivity contribution in [1.82, 2.24) is 0 Å². The molecule has 0 aliphatic heterocycles. The molecule has 0 aromatic heterocycles. The second-order valence-electron chi connectivity index (χ2n) is 5.63. The van der Waals surface area contributed by atoms with Crippen LogP contribution in [0.3, 0.4) is 0 Å². The largest absolute Gasteiger partial charge is 0.462 e. The van der Waals surface area contributed by atoms with Crippen LogP contribution in [-0.2, 0) is 9.53 Å². The van der Waals surface area contributed by atoms with Gasteiger partial charge in [0.25, 0.3) is 6.01 Å². The van der Waals surface area contributed by atoms with Crippen LogP contribution in [-0.4, -0.2) is 20.7 Å². The van der Waals surface area contributed by atoms with Gasteiger partial charge in [-0.05, 0) is 25.1 Å². The van der Waals surface area contributed by atoms with Crippen LogP contribution in [0.25, 0.3) is 0 Å². The Bertz CT molecular complexity index is 478. The van der Waals surface area contributed by atoms with E-state index in [1.165, 1.54) is 0 Å². The molecule has 0 saturated heterocycles. The van der Waals surface area contributed by atoms with Gasteiger partial charge in [0, 0.05) is 8.07 Å². The number of hydrogen-bond acceptors (Lipinski definition) is 3. The second kappa shape index (κ2) is 7.24. The van der Waals surface area contributed by atoms with Crippen LogP contribution < -0.4 is 4.74 Å². The van der Waals surface area contributed by atoms with Crippen LogP contribution in [0.2, 0.25) is 25.7 Å². The van der Waals surface area contributed by atoms with Gasteiger partial charge < -0.3 is 9.47 Å². The molecule has 20 heavy (non-hydrogen) atoms. The molecule has 1 rings (SSSR count). The summed E-state index contributed by atoms with van der Waals surface area (Å²) < 4.78 is 24.3. The third-order valence-corrected chi connectivity index (χ3v) is 3.83. The second-order valence-corrected chi connectivity index (χ2v) is 11.1. The van der Waals surface area contributed by atoms with Gasteiger partial charge in [0.05, 0.1) is 6.61 Å². The molecule has 0 amide bonds. The van der Waals surface area contributed by atoms with E-state index in [0.717, 1.165) is 0 Å². The molecule has 0 N–H and O–H groups in total. The van der Waals surface area contributed by atoms with Crippen LogP contribution in [0.15, 0.2) is 41.9 Å². The molecule has 5 heteroatoms. The number of hydrogen-bond donors (Lipinski definition) is 0. The molecule has 110 valence electrons. The minimum absolute atomic E-state index is 0.00475. The Balaban J connectivity index is 2.99. The van der Waals surface area contributed by atoms with Crippen molar-refractivity contribution in [2.75, 3.05) is 6.61 Å². The molecular weight excluding hydrogens is 275 g/mol. The average Bonchev–Trinajstić information content (AvgIpc) is 2.36. The lowest BCUT2D eigenvalue weighted by atomic mass is 10.3. The van der Waals surface area contributed by atoms with Crippen LogP contribution in [0.1, 0.15) is 6.92 Å². The third-order valence-electron chi connectivity index (χ3n) is 2.42. The summed E-state index contributed by atoms with van der Waals surface area (Å²) in [5.74, 6) is -0.272. The summed E-state index contributed by atoms with van der Waals surface area (Å²) in [5.41, 5.74) is -0.00475. The van der Waals surface area contributed by atoms with E-state index in [9.17, 15) is 9.18 Å². The zero-order chi connectivity index (χ0) is 15.2. The fourth-order valence-electron chi connectivity index (χ4n) is 1.62. The van der Waals surface area contributed by atoms with E-state index in [0.29, 0.717) is 11.8 Å². The first kappa shape index (κ1) is 16.4. The summed E-state index contributed by atoms with van der Waals surface area (Å²) in [5, 5.41) is 0. The van der Waals surface area contributed by atoms with Gasteiger partial charge in [-0.3, -0.25) is 0 Å². The lowest BCUT2D eigenvalue weighted by Crippen LogP contribution is -2.24. The Morgan fingerprint density at radius 1 is 1.20 bits per heavy atom. The van der Waals surface area contributed by atoms with Crippen molar-refractivity contribution < 1.29 is 18.7 Å². The minimum Gasteiger partial charge on any atom is -0.462 e. The number of rotatable bonds is 6. The minimum atomic E-state index is -1.67. The maximum absolute atomic E-state index is 14.2. The fourth-order valence-corrected chi connectivity index (χ4v) is 2.97. The highest BCUT2D eigenvalue weighted by Gasteiger charge is 2.26. The lowest BCUT2D eigenvalue weighted by molar-refractivity contribution is -0.138. The van der Waals surface area contributed by atoms with Crippen LogP contribution in [0.5, 0.6) is 5.75 Å². The van der Waals surface area contributed by atoms with E-state index in [2.05, 4.69) is 19.6 Å². The van der Waals surface area contributed by atoms with Crippen LogP contribution in [0.4, 0.5) is 4.39 Å². The highest BCUT2D eigenvalue weighted by Crippen LogP contribution is 2.24. The SMILES string of the molecule is CCOC(=O)/C(C[Si](C)(C)C)=C(\F)Oc1ccccc1. The van der Waals surface area contributed by atoms with E-state index in [-0.39, 0.29) is 12.2 Å². The Morgan fingerprint density at radius 2 is 1.80 bits per heavy atom. The number of halogens is 1. The number of ether oxygens (including phenoxy) is 2. The monoisotopic (exact) mass is 296 g/mol. The lowest BCUT2D eigenvalue weighted by Gasteiger charge is -2.18. The summed E-state index contributed by atoms with van der Waals surface area (Å²) in [6, 6.07) is 8.08. The first-order chi connectivity index (χ1) is 9.33. The van der Waals surface area contributed by atoms with Crippen LogP contribution in [0, 0.1) is 0 Å². The number of benzene rings is 1. The fraction of sp³-hybridized carbons (Fsp3) is 0.400. The summed E-state index contributed by atoms with van der Waals surface area (Å²) in [4.78, 5) is 11.9. The molecule has 1 aromatic carbocycles. The van der Waals surface area contributed by atoms with Gasteiger partial charge in [0.2, 0.25) is 0 Å². The molecule has 0 bridgehead atoms. The quantitative estimate of drug-likeness (QED) is 0.342. The Hall–Kier alpha value is -1.62. The predicted octanol–water partition coefficient (Wildman–Crippen LogP) is 4.15. The van der Waals surface area contributed by atoms with Crippen molar-refractivity contribution in [3.05, 3.63) is 41.9 Å². The van der Waals surface area contributed by atoms with E-state index in [4.69, 9.17) is 9.47 Å². The topological polar surface area (TPSA) is 35.5 Å². The zero-order valence-corrected chi connectivity index (χ0v) is 13.4. The van der Waals surface area contributed by atoms with Crippen LogP contribution >= 0.6 is 0 Å². The number of carbonyl (C=O) groups excluding carboxylic acids is 1. The third kappa shape index (κ3) is 5.57. The normalized spacial score (nSPS) is 12.7. The Kier molecular flexibility index (Phi) is 5.95. The predicted molar refractivity (Wildman–Crippen MR) is 80.0 cm³/mol. The van der Waals surface area contributed by atoms with Gasteiger partial charge in [-0.25, -0.2) is 4.79 Å². The molecule has 0 fully saturated rings. The van der Waals surface area contributed by atoms with Gasteiger partial charge in [-0.1, -0.05) is 37.8 Å². The molecular formula is C15H21FO3Si. The first-order valence-electron chi connectivity index (χ1n) is 6.62. The molecule has 0 atom stereocenters. The summed E-state index contributed by atoms with van der Waals surface area (Å²) >= 11 is 0. The van der Waals surface area contributed by atoms with Gasteiger partial charge in [0.1, 0.15) is 11.3 Å². The molecule has 0 unspecified atom stereocenters. The van der Waals surface area contributed by atoms with E-state index in [1.807, 2.05) is 6.07 Å². The van der Waals surface area contributed by atoms with Gasteiger partial charge >= 0.3 is 5.97 Å². The Labute approximate surface area is 120 Å². The molecule has 0 saturated carbocycles. The van der Waals surface area contributed by atoms with Gasteiger partial charge in [0.15, 0.2) is 0 Å². The maximum Gasteiger partial charge on any atom is 0.340 e. The highest BCUT2D eigenvalue weighted by molar-refractivity contribution is 6.77. The molecule has 0 radical (unpaired) electrons. The Morgan fingerprint density at radius 3 is 2.30 bits per heavy atom. The molecule has 0 heterocycles. The molecule has 1 aromatic rings.